The average molecular weight is 579 g/mol. The number of carbonyl (C=O) groups excluding carboxylic acids is 1. The highest BCUT2D eigenvalue weighted by molar-refractivity contribution is 14.1. The number of sulfonamides is 1. The van der Waals surface area contributed by atoms with Gasteiger partial charge in [-0.3, -0.25) is 9.52 Å². The van der Waals surface area contributed by atoms with Crippen LogP contribution in [-0.4, -0.2) is 34.5 Å². The lowest BCUT2D eigenvalue weighted by Gasteiger charge is -2.25. The first-order valence-electron chi connectivity index (χ1n) is 10.4. The van der Waals surface area contributed by atoms with E-state index in [9.17, 15) is 13.2 Å². The smallest absolute Gasteiger partial charge is 0.264 e. The molecule has 0 aliphatic heterocycles. The number of nitrogens with zero attached hydrogens (tertiary/aromatic N) is 1. The second kappa shape index (κ2) is 10.9. The van der Waals surface area contributed by atoms with Crippen molar-refractivity contribution in [1.82, 2.24) is 0 Å². The van der Waals surface area contributed by atoms with Gasteiger partial charge in [0.15, 0.2) is 0 Å². The highest BCUT2D eigenvalue weighted by atomic mass is 127. The number of carbonyl (C=O) groups is 1. The standard InChI is InChI=1S/C24H26IN3O4S/c1-4-28(5-2)21-15-14-17(26-24(29)18-10-6-7-11-19(18)25)16-23(21)33(30,31)27-20-12-8-9-13-22(20)32-3/h6-16,27H,4-5H2,1-3H3,(H,26,29). The van der Waals surface area contributed by atoms with Crippen molar-refractivity contribution in [2.45, 2.75) is 18.7 Å². The molecule has 9 heteroatoms. The molecule has 0 aromatic heterocycles. The summed E-state index contributed by atoms with van der Waals surface area (Å²) in [7, 11) is -2.52. The van der Waals surface area contributed by atoms with E-state index in [2.05, 4.69) is 32.6 Å². The molecule has 0 atom stereocenters. The molecular weight excluding hydrogens is 553 g/mol. The Morgan fingerprint density at radius 3 is 2.33 bits per heavy atom. The van der Waals surface area contributed by atoms with Gasteiger partial charge in [-0.05, 0) is 78.9 Å². The van der Waals surface area contributed by atoms with Crippen LogP contribution in [0.25, 0.3) is 0 Å². The summed E-state index contributed by atoms with van der Waals surface area (Å²) < 4.78 is 35.7. The van der Waals surface area contributed by atoms with Crippen LogP contribution >= 0.6 is 22.6 Å². The summed E-state index contributed by atoms with van der Waals surface area (Å²) in [6, 6.07) is 18.9. The van der Waals surface area contributed by atoms with Gasteiger partial charge < -0.3 is 15.0 Å². The van der Waals surface area contributed by atoms with Crippen molar-refractivity contribution in [1.29, 1.82) is 0 Å². The van der Waals surface area contributed by atoms with Crippen LogP contribution in [-0.2, 0) is 10.0 Å². The van der Waals surface area contributed by atoms with Gasteiger partial charge in [0, 0.05) is 22.3 Å². The van der Waals surface area contributed by atoms with Crippen LogP contribution in [0.5, 0.6) is 5.75 Å². The first-order valence-corrected chi connectivity index (χ1v) is 13.0. The van der Waals surface area contributed by atoms with Crippen LogP contribution < -0.4 is 19.7 Å². The Morgan fingerprint density at radius 1 is 1.00 bits per heavy atom. The summed E-state index contributed by atoms with van der Waals surface area (Å²) in [6.07, 6.45) is 0. The summed E-state index contributed by atoms with van der Waals surface area (Å²) in [5.41, 5.74) is 1.78. The largest absolute Gasteiger partial charge is 0.495 e. The van der Waals surface area contributed by atoms with Gasteiger partial charge in [-0.15, -0.1) is 0 Å². The third-order valence-corrected chi connectivity index (χ3v) is 7.42. The van der Waals surface area contributed by atoms with Crippen molar-refractivity contribution in [2.24, 2.45) is 0 Å². The number of benzene rings is 3. The maximum Gasteiger partial charge on any atom is 0.264 e. The molecule has 0 aliphatic carbocycles. The monoisotopic (exact) mass is 579 g/mol. The van der Waals surface area contributed by atoms with E-state index in [0.29, 0.717) is 41.5 Å². The lowest BCUT2D eigenvalue weighted by Crippen LogP contribution is -2.26. The minimum Gasteiger partial charge on any atom is -0.495 e. The first kappa shape index (κ1) is 24.8. The van der Waals surface area contributed by atoms with Crippen molar-refractivity contribution < 1.29 is 17.9 Å². The molecule has 0 bridgehead atoms. The summed E-state index contributed by atoms with van der Waals surface area (Å²) in [4.78, 5) is 14.8. The number of amides is 1. The van der Waals surface area contributed by atoms with Crippen molar-refractivity contribution in [3.8, 4) is 5.75 Å². The zero-order chi connectivity index (χ0) is 24.0. The molecule has 3 aromatic rings. The van der Waals surface area contributed by atoms with Crippen LogP contribution in [0.1, 0.15) is 24.2 Å². The van der Waals surface area contributed by atoms with Gasteiger partial charge in [0.1, 0.15) is 10.6 Å². The molecule has 0 fully saturated rings. The van der Waals surface area contributed by atoms with E-state index in [0.717, 1.165) is 3.57 Å². The zero-order valence-electron chi connectivity index (χ0n) is 18.6. The third-order valence-electron chi connectivity index (χ3n) is 5.08. The number of hydrogen-bond acceptors (Lipinski definition) is 5. The Morgan fingerprint density at radius 2 is 1.67 bits per heavy atom. The topological polar surface area (TPSA) is 87.7 Å². The number of ether oxygens (including phenoxy) is 1. The fraction of sp³-hybridized carbons (Fsp3) is 0.208. The van der Waals surface area contributed by atoms with Crippen LogP contribution in [0.2, 0.25) is 0 Å². The summed E-state index contributed by atoms with van der Waals surface area (Å²) in [5, 5.41) is 2.82. The van der Waals surface area contributed by atoms with E-state index < -0.39 is 10.0 Å². The van der Waals surface area contributed by atoms with Gasteiger partial charge in [0.25, 0.3) is 15.9 Å². The Bertz CT molecular complexity index is 1240. The number of methoxy groups -OCH3 is 1. The van der Waals surface area contributed by atoms with E-state index in [1.807, 2.05) is 30.9 Å². The van der Waals surface area contributed by atoms with Gasteiger partial charge in [-0.25, -0.2) is 8.42 Å². The van der Waals surface area contributed by atoms with E-state index in [1.165, 1.54) is 13.2 Å². The Labute approximate surface area is 208 Å². The molecule has 33 heavy (non-hydrogen) atoms. The predicted octanol–water partition coefficient (Wildman–Crippen LogP) is 5.20. The summed E-state index contributed by atoms with van der Waals surface area (Å²) in [6.45, 7) is 5.17. The lowest BCUT2D eigenvalue weighted by molar-refractivity contribution is 0.102. The van der Waals surface area contributed by atoms with Gasteiger partial charge in [-0.1, -0.05) is 24.3 Å². The molecule has 0 aliphatic rings. The zero-order valence-corrected chi connectivity index (χ0v) is 21.6. The molecule has 0 radical (unpaired) electrons. The second-order valence-electron chi connectivity index (χ2n) is 7.09. The molecule has 3 aromatic carbocycles. The number of para-hydroxylation sites is 2. The minimum absolute atomic E-state index is 0.0673. The minimum atomic E-state index is -4.00. The Balaban J connectivity index is 2.03. The predicted molar refractivity (Wildman–Crippen MR) is 141 cm³/mol. The maximum absolute atomic E-state index is 13.5. The SMILES string of the molecule is CCN(CC)c1ccc(NC(=O)c2ccccc2I)cc1S(=O)(=O)Nc1ccccc1OC. The number of halogens is 1. The highest BCUT2D eigenvalue weighted by Crippen LogP contribution is 2.32. The molecular formula is C24H26IN3O4S. The molecule has 3 rings (SSSR count). The number of hydrogen-bond donors (Lipinski definition) is 2. The van der Waals surface area contributed by atoms with E-state index in [1.54, 1.807) is 48.5 Å². The van der Waals surface area contributed by atoms with Crippen molar-refractivity contribution in [2.75, 3.05) is 35.1 Å². The molecule has 0 heterocycles. The Kier molecular flexibility index (Phi) is 8.20. The van der Waals surface area contributed by atoms with Gasteiger partial charge >= 0.3 is 0 Å². The van der Waals surface area contributed by atoms with E-state index in [4.69, 9.17) is 4.74 Å². The van der Waals surface area contributed by atoms with Gasteiger partial charge in [-0.2, -0.15) is 0 Å². The van der Waals surface area contributed by atoms with Crippen LogP contribution in [0, 0.1) is 3.57 Å². The molecule has 1 amide bonds. The van der Waals surface area contributed by atoms with Crippen LogP contribution in [0.15, 0.2) is 71.6 Å². The average Bonchev–Trinajstić information content (AvgIpc) is 2.81. The molecule has 174 valence electrons. The van der Waals surface area contributed by atoms with E-state index >= 15 is 0 Å². The normalized spacial score (nSPS) is 11.0. The van der Waals surface area contributed by atoms with Crippen LogP contribution in [0.3, 0.4) is 0 Å². The fourth-order valence-corrected chi connectivity index (χ4v) is 5.36. The maximum atomic E-state index is 13.5. The Hall–Kier alpha value is -2.79. The fourth-order valence-electron chi connectivity index (χ4n) is 3.41. The summed E-state index contributed by atoms with van der Waals surface area (Å²) in [5.74, 6) is 0.102. The first-order chi connectivity index (χ1) is 15.8. The number of anilines is 3. The quantitative estimate of drug-likeness (QED) is 0.341. The number of rotatable bonds is 9. The lowest BCUT2D eigenvalue weighted by atomic mass is 10.2. The van der Waals surface area contributed by atoms with Crippen molar-refractivity contribution in [3.63, 3.8) is 0 Å². The van der Waals surface area contributed by atoms with Crippen LogP contribution in [0.4, 0.5) is 17.1 Å². The molecule has 7 nitrogen and oxygen atoms in total. The third kappa shape index (κ3) is 5.77. The van der Waals surface area contributed by atoms with Gasteiger partial charge in [0.2, 0.25) is 0 Å². The second-order valence-corrected chi connectivity index (χ2v) is 9.91. The molecule has 0 spiro atoms. The molecule has 0 saturated carbocycles. The highest BCUT2D eigenvalue weighted by Gasteiger charge is 2.24. The summed E-state index contributed by atoms with van der Waals surface area (Å²) >= 11 is 2.10. The molecule has 2 N–H and O–H groups in total. The number of nitrogens with one attached hydrogen (secondary N) is 2. The molecule has 0 unspecified atom stereocenters. The molecule has 0 saturated heterocycles. The van der Waals surface area contributed by atoms with Crippen molar-refractivity contribution >= 4 is 55.6 Å². The van der Waals surface area contributed by atoms with Gasteiger partial charge in [0.05, 0.1) is 24.0 Å². The van der Waals surface area contributed by atoms with E-state index in [-0.39, 0.29) is 10.8 Å². The van der Waals surface area contributed by atoms with Crippen molar-refractivity contribution in [3.05, 3.63) is 75.9 Å².